The van der Waals surface area contributed by atoms with Gasteiger partial charge in [-0.3, -0.25) is 4.79 Å². The highest BCUT2D eigenvalue weighted by Crippen LogP contribution is 2.21. The molecule has 3 nitrogen and oxygen atoms in total. The van der Waals surface area contributed by atoms with E-state index in [4.69, 9.17) is 9.47 Å². The number of rotatable bonds is 8. The summed E-state index contributed by atoms with van der Waals surface area (Å²) in [4.78, 5) is 12.4. The van der Waals surface area contributed by atoms with Gasteiger partial charge in [0, 0.05) is 22.3 Å². The summed E-state index contributed by atoms with van der Waals surface area (Å²) in [6.45, 7) is 2.25. The van der Waals surface area contributed by atoms with Crippen molar-refractivity contribution >= 4 is 17.5 Å². The fraction of sp³-hybridized carbons (Fsp3) is 0.278. The third-order valence-corrected chi connectivity index (χ3v) is 4.23. The maximum absolute atomic E-state index is 11.2. The van der Waals surface area contributed by atoms with Gasteiger partial charge in [0.2, 0.25) is 0 Å². The summed E-state index contributed by atoms with van der Waals surface area (Å²) in [5, 5.41) is 0. The lowest BCUT2D eigenvalue weighted by Gasteiger charge is -2.07. The first-order valence-electron chi connectivity index (χ1n) is 7.19. The Morgan fingerprint density at radius 1 is 1.09 bits per heavy atom. The number of thioether (sulfide) groups is 1. The van der Waals surface area contributed by atoms with Crippen LogP contribution >= 0.6 is 11.8 Å². The Morgan fingerprint density at radius 2 is 1.82 bits per heavy atom. The second kappa shape index (κ2) is 8.49. The number of hydrogen-bond acceptors (Lipinski definition) is 4. The van der Waals surface area contributed by atoms with Crippen molar-refractivity contribution in [3.63, 3.8) is 0 Å². The minimum atomic E-state index is 0.100. The zero-order valence-corrected chi connectivity index (χ0v) is 13.7. The van der Waals surface area contributed by atoms with Crippen molar-refractivity contribution in [2.24, 2.45) is 0 Å². The molecule has 0 bridgehead atoms. The second-order valence-electron chi connectivity index (χ2n) is 4.81. The summed E-state index contributed by atoms with van der Waals surface area (Å²) in [5.41, 5.74) is 0.755. The van der Waals surface area contributed by atoms with E-state index in [1.54, 1.807) is 25.8 Å². The number of methoxy groups -OCH3 is 1. The van der Waals surface area contributed by atoms with Crippen LogP contribution in [0.4, 0.5) is 0 Å². The number of ketones is 1. The molecule has 0 aliphatic carbocycles. The molecule has 0 N–H and O–H groups in total. The molecular weight excluding hydrogens is 296 g/mol. The van der Waals surface area contributed by atoms with Crippen LogP contribution in [0.1, 0.15) is 23.7 Å². The minimum absolute atomic E-state index is 0.100. The lowest BCUT2D eigenvalue weighted by atomic mass is 10.2. The zero-order valence-electron chi connectivity index (χ0n) is 12.9. The fourth-order valence-electron chi connectivity index (χ4n) is 1.92. The molecule has 2 rings (SSSR count). The Morgan fingerprint density at radius 3 is 2.50 bits per heavy atom. The summed E-state index contributed by atoms with van der Waals surface area (Å²) in [7, 11) is 1.65. The van der Waals surface area contributed by atoms with E-state index in [-0.39, 0.29) is 5.78 Å². The molecule has 4 heteroatoms. The van der Waals surface area contributed by atoms with Crippen LogP contribution in [0.5, 0.6) is 11.5 Å². The molecule has 0 unspecified atom stereocenters. The van der Waals surface area contributed by atoms with Gasteiger partial charge in [-0.05, 0) is 37.6 Å². The van der Waals surface area contributed by atoms with Crippen molar-refractivity contribution in [3.8, 4) is 11.5 Å². The van der Waals surface area contributed by atoms with Gasteiger partial charge in [-0.15, -0.1) is 11.8 Å². The SMILES string of the molecule is COc1cccc(OCCCSc2ccc(C(C)=O)cc2)c1. The van der Waals surface area contributed by atoms with Crippen molar-refractivity contribution < 1.29 is 14.3 Å². The number of Topliss-reactive ketones (excluding diaryl/α,β-unsaturated/α-hetero) is 1. The van der Waals surface area contributed by atoms with Gasteiger partial charge in [-0.2, -0.15) is 0 Å². The Kier molecular flexibility index (Phi) is 6.34. The molecule has 0 amide bonds. The number of benzene rings is 2. The molecule has 22 heavy (non-hydrogen) atoms. The van der Waals surface area contributed by atoms with Crippen LogP contribution in [0.2, 0.25) is 0 Å². The average molecular weight is 316 g/mol. The smallest absolute Gasteiger partial charge is 0.159 e. The summed E-state index contributed by atoms with van der Waals surface area (Å²) in [5.74, 6) is 2.71. The average Bonchev–Trinajstić information content (AvgIpc) is 2.55. The molecule has 0 fully saturated rings. The van der Waals surface area contributed by atoms with Crippen molar-refractivity contribution in [3.05, 3.63) is 54.1 Å². The monoisotopic (exact) mass is 316 g/mol. The molecule has 0 aliphatic rings. The second-order valence-corrected chi connectivity index (χ2v) is 5.98. The van der Waals surface area contributed by atoms with E-state index < -0.39 is 0 Å². The molecule has 0 heterocycles. The van der Waals surface area contributed by atoms with Crippen LogP contribution in [0.25, 0.3) is 0 Å². The molecule has 0 aromatic heterocycles. The number of carbonyl (C=O) groups is 1. The first-order chi connectivity index (χ1) is 10.7. The van der Waals surface area contributed by atoms with E-state index >= 15 is 0 Å². The van der Waals surface area contributed by atoms with Crippen LogP contribution in [-0.2, 0) is 0 Å². The maximum atomic E-state index is 11.2. The third-order valence-electron chi connectivity index (χ3n) is 3.13. The van der Waals surface area contributed by atoms with Crippen LogP contribution < -0.4 is 9.47 Å². The van der Waals surface area contributed by atoms with Gasteiger partial charge in [0.25, 0.3) is 0 Å². The zero-order chi connectivity index (χ0) is 15.8. The van der Waals surface area contributed by atoms with E-state index in [1.807, 2.05) is 48.5 Å². The molecular formula is C18H20O3S. The molecule has 0 radical (unpaired) electrons. The highest BCUT2D eigenvalue weighted by Gasteiger charge is 2.00. The standard InChI is InChI=1S/C18H20O3S/c1-14(19)15-7-9-18(10-8-15)22-12-4-11-21-17-6-3-5-16(13-17)20-2/h3,5-10,13H,4,11-12H2,1-2H3. The highest BCUT2D eigenvalue weighted by atomic mass is 32.2. The lowest BCUT2D eigenvalue weighted by molar-refractivity contribution is 0.101. The summed E-state index contributed by atoms with van der Waals surface area (Å²) in [6, 6.07) is 15.3. The summed E-state index contributed by atoms with van der Waals surface area (Å²) < 4.78 is 10.9. The molecule has 2 aromatic rings. The summed E-state index contributed by atoms with van der Waals surface area (Å²) >= 11 is 1.77. The summed E-state index contributed by atoms with van der Waals surface area (Å²) in [6.07, 6.45) is 0.955. The van der Waals surface area contributed by atoms with Gasteiger partial charge in [-0.25, -0.2) is 0 Å². The Labute approximate surface area is 135 Å². The van der Waals surface area contributed by atoms with Crippen molar-refractivity contribution in [1.82, 2.24) is 0 Å². The number of carbonyl (C=O) groups excluding carboxylic acids is 1. The number of ether oxygens (including phenoxy) is 2. The molecule has 116 valence electrons. The van der Waals surface area contributed by atoms with E-state index in [2.05, 4.69) is 0 Å². The quantitative estimate of drug-likeness (QED) is 0.409. The Balaban J connectivity index is 1.69. The third kappa shape index (κ3) is 5.11. The Bertz CT molecular complexity index is 608. The first kappa shape index (κ1) is 16.4. The van der Waals surface area contributed by atoms with Crippen LogP contribution in [0.3, 0.4) is 0 Å². The van der Waals surface area contributed by atoms with Gasteiger partial charge in [0.15, 0.2) is 5.78 Å². The molecule has 0 aliphatic heterocycles. The van der Waals surface area contributed by atoms with Gasteiger partial charge in [0.1, 0.15) is 11.5 Å². The fourth-order valence-corrected chi connectivity index (χ4v) is 2.74. The largest absolute Gasteiger partial charge is 0.497 e. The lowest BCUT2D eigenvalue weighted by Crippen LogP contribution is -1.99. The van der Waals surface area contributed by atoms with Crippen LogP contribution in [0.15, 0.2) is 53.4 Å². The van der Waals surface area contributed by atoms with Crippen LogP contribution in [-0.4, -0.2) is 25.3 Å². The minimum Gasteiger partial charge on any atom is -0.497 e. The van der Waals surface area contributed by atoms with E-state index in [0.717, 1.165) is 29.2 Å². The first-order valence-corrected chi connectivity index (χ1v) is 8.18. The number of hydrogen-bond donors (Lipinski definition) is 0. The molecule has 2 aromatic carbocycles. The highest BCUT2D eigenvalue weighted by molar-refractivity contribution is 7.99. The molecule has 0 saturated heterocycles. The van der Waals surface area contributed by atoms with Gasteiger partial charge < -0.3 is 9.47 Å². The predicted molar refractivity (Wildman–Crippen MR) is 90.3 cm³/mol. The normalized spacial score (nSPS) is 10.3. The molecule has 0 spiro atoms. The van der Waals surface area contributed by atoms with Crippen molar-refractivity contribution in [1.29, 1.82) is 0 Å². The van der Waals surface area contributed by atoms with Gasteiger partial charge in [0.05, 0.1) is 13.7 Å². The Hall–Kier alpha value is -1.94. The van der Waals surface area contributed by atoms with E-state index in [0.29, 0.717) is 6.61 Å². The maximum Gasteiger partial charge on any atom is 0.159 e. The topological polar surface area (TPSA) is 35.5 Å². The van der Waals surface area contributed by atoms with Crippen molar-refractivity contribution in [2.75, 3.05) is 19.5 Å². The van der Waals surface area contributed by atoms with Gasteiger partial charge in [-0.1, -0.05) is 18.2 Å². The molecule has 0 atom stereocenters. The predicted octanol–water partition coefficient (Wildman–Crippen LogP) is 4.46. The van der Waals surface area contributed by atoms with E-state index in [9.17, 15) is 4.79 Å². The van der Waals surface area contributed by atoms with Crippen molar-refractivity contribution in [2.45, 2.75) is 18.2 Å². The van der Waals surface area contributed by atoms with Crippen LogP contribution in [0, 0.1) is 0 Å². The van der Waals surface area contributed by atoms with Gasteiger partial charge >= 0.3 is 0 Å². The molecule has 0 saturated carbocycles. The van der Waals surface area contributed by atoms with E-state index in [1.165, 1.54) is 4.90 Å².